The lowest BCUT2D eigenvalue weighted by Crippen LogP contribution is -2.43. The largest absolute Gasteiger partial charge is 0.459 e. The molecule has 0 saturated heterocycles. The van der Waals surface area contributed by atoms with E-state index in [-0.39, 0.29) is 23.6 Å². The molecule has 0 spiro atoms. The van der Waals surface area contributed by atoms with E-state index in [1.165, 1.54) is 17.4 Å². The minimum atomic E-state index is -0.459. The van der Waals surface area contributed by atoms with Crippen molar-refractivity contribution in [2.75, 3.05) is 11.9 Å². The first kappa shape index (κ1) is 25.3. The summed E-state index contributed by atoms with van der Waals surface area (Å²) in [5.74, 6) is 0.497. The van der Waals surface area contributed by atoms with Crippen molar-refractivity contribution in [2.24, 2.45) is 5.92 Å². The molecule has 0 radical (unpaired) electrons. The summed E-state index contributed by atoms with van der Waals surface area (Å²) >= 11 is 12.4. The van der Waals surface area contributed by atoms with E-state index < -0.39 is 12.1 Å². The minimum Gasteiger partial charge on any atom is -0.459 e. The van der Waals surface area contributed by atoms with Crippen LogP contribution in [0.15, 0.2) is 105 Å². The number of carbonyl (C=O) groups is 2. The molecule has 198 valence electrons. The van der Waals surface area contributed by atoms with Gasteiger partial charge >= 0.3 is 6.09 Å². The summed E-state index contributed by atoms with van der Waals surface area (Å²) in [5, 5.41) is 7.82. The number of furan rings is 1. The molecule has 3 atom stereocenters. The Balaban J connectivity index is 1.32. The van der Waals surface area contributed by atoms with Crippen LogP contribution in [0.3, 0.4) is 0 Å². The number of hydrogen-bond donors (Lipinski definition) is 2. The standard InChI is InChI=1S/C30H25Cl2N3O4/c1-17-15-20(32)16-24-23-12-13-35(30(37)39-22-10-6-19(31)7-11-22)28(27(23)34-26(17)24)18-4-8-21(9-5-18)33-29(36)25-3-2-14-38-25/h2-11,14-17,26,28,34H,12-13H2,1H3,(H,33,36). The van der Waals surface area contributed by atoms with Crippen molar-refractivity contribution >= 4 is 40.9 Å². The van der Waals surface area contributed by atoms with Crippen molar-refractivity contribution < 1.29 is 18.7 Å². The number of anilines is 1. The molecule has 0 bridgehead atoms. The Hall–Kier alpha value is -3.94. The van der Waals surface area contributed by atoms with Crippen LogP contribution in [0.2, 0.25) is 5.02 Å². The van der Waals surface area contributed by atoms with Gasteiger partial charge in [-0.3, -0.25) is 9.69 Å². The number of hydrogen-bond acceptors (Lipinski definition) is 5. The molecule has 3 aromatic rings. The quantitative estimate of drug-likeness (QED) is 0.356. The number of fused-ring (bicyclic) bond motifs is 2. The molecule has 6 rings (SSSR count). The number of carbonyl (C=O) groups excluding carboxylic acids is 2. The summed E-state index contributed by atoms with van der Waals surface area (Å²) in [4.78, 5) is 27.7. The number of allylic oxidation sites excluding steroid dienone is 2. The second-order valence-electron chi connectivity index (χ2n) is 9.75. The molecule has 2 amide bonds. The van der Waals surface area contributed by atoms with Crippen LogP contribution in [0.25, 0.3) is 0 Å². The van der Waals surface area contributed by atoms with E-state index in [0.29, 0.717) is 29.4 Å². The Labute approximate surface area is 235 Å². The highest BCUT2D eigenvalue weighted by atomic mass is 35.5. The van der Waals surface area contributed by atoms with Crippen LogP contribution in [0.1, 0.15) is 35.5 Å². The second kappa shape index (κ2) is 10.3. The molecule has 2 aliphatic heterocycles. The van der Waals surface area contributed by atoms with Gasteiger partial charge in [-0.1, -0.05) is 48.3 Å². The van der Waals surface area contributed by atoms with Gasteiger partial charge in [0.1, 0.15) is 11.8 Å². The molecule has 3 heterocycles. The smallest absolute Gasteiger partial charge is 0.416 e. The molecule has 2 aromatic carbocycles. The maximum absolute atomic E-state index is 13.5. The Morgan fingerprint density at radius 1 is 1.08 bits per heavy atom. The van der Waals surface area contributed by atoms with E-state index in [1.807, 2.05) is 36.4 Å². The average Bonchev–Trinajstić information content (AvgIpc) is 3.59. The van der Waals surface area contributed by atoms with Gasteiger partial charge in [0.25, 0.3) is 5.91 Å². The molecule has 2 N–H and O–H groups in total. The van der Waals surface area contributed by atoms with Crippen molar-refractivity contribution in [1.29, 1.82) is 0 Å². The molecule has 3 unspecified atom stereocenters. The first-order valence-electron chi connectivity index (χ1n) is 12.6. The summed E-state index contributed by atoms with van der Waals surface area (Å²) < 4.78 is 10.9. The van der Waals surface area contributed by atoms with Gasteiger partial charge in [0.15, 0.2) is 5.76 Å². The maximum Gasteiger partial charge on any atom is 0.416 e. The fraction of sp³-hybridized carbons (Fsp3) is 0.200. The van der Waals surface area contributed by atoms with Crippen LogP contribution in [0.4, 0.5) is 10.5 Å². The molecular formula is C30H25Cl2N3O4. The zero-order chi connectivity index (χ0) is 27.1. The van der Waals surface area contributed by atoms with Gasteiger partial charge in [-0.05, 0) is 77.7 Å². The Kier molecular flexibility index (Phi) is 6.71. The summed E-state index contributed by atoms with van der Waals surface area (Å²) in [5.41, 5.74) is 4.80. The third-order valence-corrected chi connectivity index (χ3v) is 7.72. The van der Waals surface area contributed by atoms with Crippen molar-refractivity contribution in [2.45, 2.75) is 25.4 Å². The number of ether oxygens (including phenoxy) is 1. The number of rotatable bonds is 4. The molecule has 0 saturated carbocycles. The van der Waals surface area contributed by atoms with Crippen molar-refractivity contribution in [3.63, 3.8) is 0 Å². The number of benzene rings is 2. The SMILES string of the molecule is CC1C=C(Cl)C=C2C3=C(NC21)C(c1ccc(NC(=O)c2ccco2)cc1)N(C(=O)Oc1ccc(Cl)cc1)CC3. The first-order chi connectivity index (χ1) is 18.9. The summed E-state index contributed by atoms with van der Waals surface area (Å²) in [6, 6.07) is 17.1. The van der Waals surface area contributed by atoms with Gasteiger partial charge in [0.2, 0.25) is 0 Å². The first-order valence-corrected chi connectivity index (χ1v) is 13.4. The summed E-state index contributed by atoms with van der Waals surface area (Å²) in [6.45, 7) is 2.60. The Bertz CT molecular complexity index is 1510. The van der Waals surface area contributed by atoms with Crippen molar-refractivity contribution in [3.05, 3.63) is 117 Å². The third kappa shape index (κ3) is 4.95. The van der Waals surface area contributed by atoms with Crippen LogP contribution in [-0.2, 0) is 0 Å². The van der Waals surface area contributed by atoms with Crippen molar-refractivity contribution in [3.8, 4) is 5.75 Å². The lowest BCUT2D eigenvalue weighted by Gasteiger charge is -2.36. The maximum atomic E-state index is 13.5. The molecule has 39 heavy (non-hydrogen) atoms. The molecular weight excluding hydrogens is 537 g/mol. The molecule has 9 heteroatoms. The molecule has 0 fully saturated rings. The van der Waals surface area contributed by atoms with Crippen LogP contribution in [0.5, 0.6) is 5.75 Å². The predicted octanol–water partition coefficient (Wildman–Crippen LogP) is 7.06. The van der Waals surface area contributed by atoms with E-state index in [9.17, 15) is 9.59 Å². The van der Waals surface area contributed by atoms with Gasteiger partial charge in [-0.25, -0.2) is 4.79 Å². The molecule has 7 nitrogen and oxygen atoms in total. The highest BCUT2D eigenvalue weighted by Gasteiger charge is 2.43. The van der Waals surface area contributed by atoms with E-state index in [2.05, 4.69) is 17.6 Å². The van der Waals surface area contributed by atoms with Crippen LogP contribution in [0, 0.1) is 5.92 Å². The van der Waals surface area contributed by atoms with Crippen LogP contribution < -0.4 is 15.4 Å². The van der Waals surface area contributed by atoms with Gasteiger partial charge in [-0.2, -0.15) is 0 Å². The number of nitrogens with one attached hydrogen (secondary N) is 2. The molecule has 1 aliphatic carbocycles. The Morgan fingerprint density at radius 3 is 2.56 bits per heavy atom. The van der Waals surface area contributed by atoms with Crippen LogP contribution >= 0.6 is 23.2 Å². The fourth-order valence-electron chi connectivity index (χ4n) is 5.41. The second-order valence-corrected chi connectivity index (χ2v) is 10.6. The lowest BCUT2D eigenvalue weighted by molar-refractivity contribution is 0.0996. The van der Waals surface area contributed by atoms with Crippen molar-refractivity contribution in [1.82, 2.24) is 10.2 Å². The lowest BCUT2D eigenvalue weighted by atomic mass is 9.85. The van der Waals surface area contributed by atoms with Crippen LogP contribution in [-0.4, -0.2) is 29.5 Å². The molecule has 1 aromatic heterocycles. The van der Waals surface area contributed by atoms with Gasteiger partial charge < -0.3 is 19.8 Å². The summed E-state index contributed by atoms with van der Waals surface area (Å²) in [6.07, 6.45) is 5.73. The Morgan fingerprint density at radius 2 is 1.85 bits per heavy atom. The highest BCUT2D eigenvalue weighted by molar-refractivity contribution is 6.31. The normalized spacial score (nSPS) is 21.8. The van der Waals surface area contributed by atoms with E-state index in [1.54, 1.807) is 41.3 Å². The number of amides is 2. The zero-order valence-corrected chi connectivity index (χ0v) is 22.5. The number of nitrogens with zero attached hydrogens (tertiary/aromatic N) is 1. The fourth-order valence-corrected chi connectivity index (χ4v) is 5.85. The number of halogens is 2. The van der Waals surface area contributed by atoms with E-state index >= 15 is 0 Å². The predicted molar refractivity (Wildman–Crippen MR) is 150 cm³/mol. The van der Waals surface area contributed by atoms with E-state index in [4.69, 9.17) is 32.4 Å². The minimum absolute atomic E-state index is 0.0825. The van der Waals surface area contributed by atoms with E-state index in [0.717, 1.165) is 16.3 Å². The highest BCUT2D eigenvalue weighted by Crippen LogP contribution is 2.46. The summed E-state index contributed by atoms with van der Waals surface area (Å²) in [7, 11) is 0. The molecule has 3 aliphatic rings. The topological polar surface area (TPSA) is 83.8 Å². The van der Waals surface area contributed by atoms with Gasteiger partial charge in [0.05, 0.1) is 12.3 Å². The third-order valence-electron chi connectivity index (χ3n) is 7.23. The zero-order valence-electron chi connectivity index (χ0n) is 21.0. The average molecular weight is 562 g/mol. The van der Waals surface area contributed by atoms with Gasteiger partial charge in [-0.15, -0.1) is 0 Å². The monoisotopic (exact) mass is 561 g/mol. The van der Waals surface area contributed by atoms with Gasteiger partial charge in [0, 0.05) is 33.9 Å².